The van der Waals surface area contributed by atoms with E-state index in [0.29, 0.717) is 11.5 Å². The first-order valence-electron chi connectivity index (χ1n) is 6.58. The van der Waals surface area contributed by atoms with E-state index in [9.17, 15) is 9.59 Å². The van der Waals surface area contributed by atoms with E-state index in [1.54, 1.807) is 6.92 Å². The summed E-state index contributed by atoms with van der Waals surface area (Å²) >= 11 is 0. The summed E-state index contributed by atoms with van der Waals surface area (Å²) in [6.07, 6.45) is -0.0739. The molecule has 1 rings (SSSR count). The molecule has 1 aromatic rings. The number of ketones is 1. The second-order valence-electron chi connectivity index (χ2n) is 4.42. The minimum absolute atomic E-state index is 0.0731. The first kappa shape index (κ1) is 16.8. The van der Waals surface area contributed by atoms with Crippen molar-refractivity contribution in [1.82, 2.24) is 0 Å². The van der Waals surface area contributed by atoms with E-state index in [1.807, 2.05) is 13.8 Å². The molecule has 0 saturated heterocycles. The zero-order valence-electron chi connectivity index (χ0n) is 12.9. The van der Waals surface area contributed by atoms with Crippen LogP contribution in [0, 0.1) is 0 Å². The van der Waals surface area contributed by atoms with Gasteiger partial charge in [0, 0.05) is 6.07 Å². The molecule has 6 heteroatoms. The van der Waals surface area contributed by atoms with Crippen molar-refractivity contribution >= 4 is 11.8 Å². The summed E-state index contributed by atoms with van der Waals surface area (Å²) in [5.74, 6) is -0.718. The number of benzene rings is 1. The molecule has 0 spiro atoms. The Balaban J connectivity index is 3.26. The second-order valence-corrected chi connectivity index (χ2v) is 4.42. The first-order chi connectivity index (χ1) is 9.94. The maximum atomic E-state index is 12.1. The van der Waals surface area contributed by atoms with Gasteiger partial charge in [0.25, 0.3) is 5.78 Å². The SMILES string of the molecule is CCOC(=O)C(=O)c1cc(OC)c(OC(C)C)cc1OC. The molecule has 0 aromatic heterocycles. The number of Topliss-reactive ketones (excluding diaryl/α,β-unsaturated/α-hetero) is 1. The fourth-order valence-electron chi connectivity index (χ4n) is 1.70. The average molecular weight is 296 g/mol. The van der Waals surface area contributed by atoms with Gasteiger partial charge in [-0.05, 0) is 26.8 Å². The van der Waals surface area contributed by atoms with Crippen LogP contribution < -0.4 is 14.2 Å². The zero-order valence-corrected chi connectivity index (χ0v) is 12.9. The van der Waals surface area contributed by atoms with Gasteiger partial charge in [0.05, 0.1) is 32.5 Å². The van der Waals surface area contributed by atoms with Gasteiger partial charge in [0.15, 0.2) is 11.5 Å². The van der Waals surface area contributed by atoms with Crippen LogP contribution in [0.4, 0.5) is 0 Å². The van der Waals surface area contributed by atoms with Crippen molar-refractivity contribution in [3.05, 3.63) is 17.7 Å². The lowest BCUT2D eigenvalue weighted by Gasteiger charge is -2.16. The molecule has 0 fully saturated rings. The number of carbonyl (C=O) groups is 2. The molecule has 0 saturated carbocycles. The van der Waals surface area contributed by atoms with Crippen LogP contribution in [-0.2, 0) is 9.53 Å². The molecule has 0 bridgehead atoms. The van der Waals surface area contributed by atoms with Gasteiger partial charge in [-0.25, -0.2) is 4.79 Å². The van der Waals surface area contributed by atoms with Crippen molar-refractivity contribution in [2.24, 2.45) is 0 Å². The lowest BCUT2D eigenvalue weighted by atomic mass is 10.1. The van der Waals surface area contributed by atoms with Crippen LogP contribution in [0.25, 0.3) is 0 Å². The summed E-state index contributed by atoms with van der Waals surface area (Å²) in [5, 5.41) is 0. The van der Waals surface area contributed by atoms with Crippen LogP contribution in [-0.4, -0.2) is 38.7 Å². The molecule has 0 N–H and O–H groups in total. The molecule has 0 aliphatic carbocycles. The molecule has 0 atom stereocenters. The highest BCUT2D eigenvalue weighted by atomic mass is 16.5. The Morgan fingerprint density at radius 3 is 2.14 bits per heavy atom. The first-order valence-corrected chi connectivity index (χ1v) is 6.58. The topological polar surface area (TPSA) is 71.1 Å². The fourth-order valence-corrected chi connectivity index (χ4v) is 1.70. The van der Waals surface area contributed by atoms with Crippen molar-refractivity contribution < 1.29 is 28.5 Å². The van der Waals surface area contributed by atoms with Gasteiger partial charge in [0.1, 0.15) is 5.75 Å². The molecule has 0 aliphatic rings. The van der Waals surface area contributed by atoms with Crippen LogP contribution >= 0.6 is 0 Å². The highest BCUT2D eigenvalue weighted by molar-refractivity contribution is 6.41. The smallest absolute Gasteiger partial charge is 0.379 e. The molecular weight excluding hydrogens is 276 g/mol. The standard InChI is InChI=1S/C15H20O6/c1-6-20-15(17)14(16)10-7-12(19-5)13(21-9(2)3)8-11(10)18-4/h7-9H,6H2,1-5H3. The molecule has 6 nitrogen and oxygen atoms in total. The Kier molecular flexibility index (Phi) is 6.02. The predicted octanol–water partition coefficient (Wildman–Crippen LogP) is 2.24. The van der Waals surface area contributed by atoms with E-state index in [4.69, 9.17) is 18.9 Å². The van der Waals surface area contributed by atoms with E-state index in [1.165, 1.54) is 26.4 Å². The Labute approximate surface area is 123 Å². The summed E-state index contributed by atoms with van der Waals surface area (Å²) in [6, 6.07) is 2.93. The van der Waals surface area contributed by atoms with Crippen molar-refractivity contribution in [3.63, 3.8) is 0 Å². The van der Waals surface area contributed by atoms with Gasteiger partial charge >= 0.3 is 5.97 Å². The third-order valence-corrected chi connectivity index (χ3v) is 2.55. The number of carbonyl (C=O) groups excluding carboxylic acids is 2. The Morgan fingerprint density at radius 1 is 1.05 bits per heavy atom. The molecule has 1 aromatic carbocycles. The molecule has 0 aliphatic heterocycles. The van der Waals surface area contributed by atoms with Crippen LogP contribution in [0.5, 0.6) is 17.2 Å². The quantitative estimate of drug-likeness (QED) is 0.436. The summed E-state index contributed by atoms with van der Waals surface area (Å²) < 4.78 is 20.6. The van der Waals surface area contributed by atoms with E-state index in [2.05, 4.69) is 0 Å². The van der Waals surface area contributed by atoms with Gasteiger partial charge in [-0.3, -0.25) is 4.79 Å². The number of rotatable bonds is 7. The number of hydrogen-bond acceptors (Lipinski definition) is 6. The Morgan fingerprint density at radius 2 is 1.67 bits per heavy atom. The number of hydrogen-bond donors (Lipinski definition) is 0. The number of ether oxygens (including phenoxy) is 4. The lowest BCUT2D eigenvalue weighted by Crippen LogP contribution is -2.18. The maximum absolute atomic E-state index is 12.1. The number of esters is 1. The highest BCUT2D eigenvalue weighted by Gasteiger charge is 2.24. The summed E-state index contributed by atoms with van der Waals surface area (Å²) in [6.45, 7) is 5.48. The third-order valence-electron chi connectivity index (χ3n) is 2.55. The highest BCUT2D eigenvalue weighted by Crippen LogP contribution is 2.35. The molecule has 0 radical (unpaired) electrons. The van der Waals surface area contributed by atoms with Crippen LogP contribution in [0.1, 0.15) is 31.1 Å². The molecule has 116 valence electrons. The summed E-state index contributed by atoms with van der Waals surface area (Å²) in [5.41, 5.74) is 0.0731. The lowest BCUT2D eigenvalue weighted by molar-refractivity contribution is -0.137. The van der Waals surface area contributed by atoms with Crippen LogP contribution in [0.2, 0.25) is 0 Å². The van der Waals surface area contributed by atoms with E-state index in [0.717, 1.165) is 0 Å². The van der Waals surface area contributed by atoms with Crippen molar-refractivity contribution in [2.75, 3.05) is 20.8 Å². The van der Waals surface area contributed by atoms with Gasteiger partial charge in [0.2, 0.25) is 0 Å². The normalized spacial score (nSPS) is 10.2. The van der Waals surface area contributed by atoms with E-state index >= 15 is 0 Å². The van der Waals surface area contributed by atoms with E-state index in [-0.39, 0.29) is 24.0 Å². The van der Waals surface area contributed by atoms with Crippen LogP contribution in [0.3, 0.4) is 0 Å². The van der Waals surface area contributed by atoms with Crippen LogP contribution in [0.15, 0.2) is 12.1 Å². The molecule has 0 amide bonds. The largest absolute Gasteiger partial charge is 0.496 e. The second kappa shape index (κ2) is 7.52. The summed E-state index contributed by atoms with van der Waals surface area (Å²) in [7, 11) is 2.86. The average Bonchev–Trinajstić information content (AvgIpc) is 2.45. The maximum Gasteiger partial charge on any atom is 0.379 e. The van der Waals surface area contributed by atoms with E-state index < -0.39 is 11.8 Å². The Bertz CT molecular complexity index is 521. The molecular formula is C15H20O6. The number of methoxy groups -OCH3 is 2. The van der Waals surface area contributed by atoms with Crippen molar-refractivity contribution in [1.29, 1.82) is 0 Å². The van der Waals surface area contributed by atoms with Gasteiger partial charge < -0.3 is 18.9 Å². The molecule has 21 heavy (non-hydrogen) atoms. The molecule has 0 unspecified atom stereocenters. The predicted molar refractivity (Wildman–Crippen MR) is 76.3 cm³/mol. The molecule has 0 heterocycles. The van der Waals surface area contributed by atoms with Gasteiger partial charge in [-0.2, -0.15) is 0 Å². The Hall–Kier alpha value is -2.24. The minimum Gasteiger partial charge on any atom is -0.496 e. The fraction of sp³-hybridized carbons (Fsp3) is 0.467. The van der Waals surface area contributed by atoms with Gasteiger partial charge in [-0.15, -0.1) is 0 Å². The zero-order chi connectivity index (χ0) is 16.0. The third kappa shape index (κ3) is 4.11. The summed E-state index contributed by atoms with van der Waals surface area (Å²) in [4.78, 5) is 23.6. The minimum atomic E-state index is -0.935. The van der Waals surface area contributed by atoms with Gasteiger partial charge in [-0.1, -0.05) is 0 Å². The van der Waals surface area contributed by atoms with Crippen molar-refractivity contribution in [3.8, 4) is 17.2 Å². The van der Waals surface area contributed by atoms with Crippen molar-refractivity contribution in [2.45, 2.75) is 26.9 Å². The monoisotopic (exact) mass is 296 g/mol.